The Kier molecular flexibility index (Phi) is 4.28. The molecule has 0 saturated heterocycles. The Morgan fingerprint density at radius 2 is 2.29 bits per heavy atom. The summed E-state index contributed by atoms with van der Waals surface area (Å²) in [5.74, 6) is 0. The van der Waals surface area contributed by atoms with Gasteiger partial charge in [0.25, 0.3) is 0 Å². The van der Waals surface area contributed by atoms with Crippen LogP contribution in [-0.4, -0.2) is 21.1 Å². The Bertz CT molecular complexity index is 461. The minimum Gasteiger partial charge on any atom is -0.329 e. The van der Waals surface area contributed by atoms with Gasteiger partial charge >= 0.3 is 0 Å². The molecule has 1 N–H and O–H groups in total. The number of imidazole rings is 1. The predicted octanol–water partition coefficient (Wildman–Crippen LogP) is 2.53. The van der Waals surface area contributed by atoms with Crippen LogP contribution in [0.5, 0.6) is 0 Å². The van der Waals surface area contributed by atoms with Gasteiger partial charge in [-0.3, -0.25) is 0 Å². The molecule has 92 valence electrons. The Morgan fingerprint density at radius 1 is 1.41 bits per heavy atom. The van der Waals surface area contributed by atoms with Crippen molar-refractivity contribution in [2.24, 2.45) is 0 Å². The van der Waals surface area contributed by atoms with Crippen molar-refractivity contribution >= 4 is 11.3 Å². The Morgan fingerprint density at radius 3 is 3.06 bits per heavy atom. The summed E-state index contributed by atoms with van der Waals surface area (Å²) in [6.07, 6.45) is 4.88. The highest BCUT2D eigenvalue weighted by Crippen LogP contribution is 2.23. The Labute approximate surface area is 106 Å². The second-order valence-corrected chi connectivity index (χ2v) is 4.75. The lowest BCUT2D eigenvalue weighted by molar-refractivity contribution is 0.682. The molecule has 0 saturated carbocycles. The van der Waals surface area contributed by atoms with Crippen LogP contribution in [-0.2, 0) is 13.1 Å². The molecule has 17 heavy (non-hydrogen) atoms. The zero-order valence-corrected chi connectivity index (χ0v) is 11.1. The number of nitrogens with one attached hydrogen (secondary N) is 1. The predicted molar refractivity (Wildman–Crippen MR) is 71.0 cm³/mol. The molecule has 2 aromatic heterocycles. The third-order valence-corrected chi connectivity index (χ3v) is 3.42. The van der Waals surface area contributed by atoms with Crippen LogP contribution < -0.4 is 5.32 Å². The maximum atomic E-state index is 4.63. The van der Waals surface area contributed by atoms with Gasteiger partial charge in [0.15, 0.2) is 0 Å². The average molecular weight is 250 g/mol. The van der Waals surface area contributed by atoms with Crippen molar-refractivity contribution in [1.29, 1.82) is 0 Å². The molecule has 2 heterocycles. The summed E-state index contributed by atoms with van der Waals surface area (Å²) in [5, 5.41) is 6.46. The van der Waals surface area contributed by atoms with Crippen molar-refractivity contribution in [3.8, 4) is 10.7 Å². The van der Waals surface area contributed by atoms with E-state index in [0.717, 1.165) is 42.5 Å². The van der Waals surface area contributed by atoms with E-state index in [2.05, 4.69) is 39.1 Å². The first-order valence-electron chi connectivity index (χ1n) is 6.00. The largest absolute Gasteiger partial charge is 0.329 e. The van der Waals surface area contributed by atoms with Crippen molar-refractivity contribution in [3.05, 3.63) is 23.6 Å². The van der Waals surface area contributed by atoms with Crippen LogP contribution in [0, 0.1) is 0 Å². The van der Waals surface area contributed by atoms with Gasteiger partial charge in [-0.2, -0.15) is 0 Å². The minimum absolute atomic E-state index is 0.842. The van der Waals surface area contributed by atoms with Crippen LogP contribution in [0.1, 0.15) is 26.0 Å². The molecule has 0 aliphatic rings. The van der Waals surface area contributed by atoms with E-state index in [4.69, 9.17) is 0 Å². The SMILES string of the molecule is CCCn1cncc1-c1nc(CNCC)cs1. The van der Waals surface area contributed by atoms with Crippen molar-refractivity contribution in [2.75, 3.05) is 6.54 Å². The number of aryl methyl sites for hydroxylation is 1. The average Bonchev–Trinajstić information content (AvgIpc) is 2.95. The molecule has 0 aliphatic carbocycles. The van der Waals surface area contributed by atoms with Gasteiger partial charge < -0.3 is 9.88 Å². The second kappa shape index (κ2) is 5.93. The van der Waals surface area contributed by atoms with Gasteiger partial charge in [-0.1, -0.05) is 13.8 Å². The Hall–Kier alpha value is -1.20. The first-order chi connectivity index (χ1) is 8.35. The monoisotopic (exact) mass is 250 g/mol. The molecule has 0 fully saturated rings. The van der Waals surface area contributed by atoms with Crippen molar-refractivity contribution in [1.82, 2.24) is 19.9 Å². The topological polar surface area (TPSA) is 42.7 Å². The zero-order valence-electron chi connectivity index (χ0n) is 10.3. The lowest BCUT2D eigenvalue weighted by atomic mass is 10.4. The zero-order chi connectivity index (χ0) is 12.1. The van der Waals surface area contributed by atoms with Crippen LogP contribution in [0.25, 0.3) is 10.7 Å². The number of nitrogens with zero attached hydrogens (tertiary/aromatic N) is 3. The molecule has 2 aromatic rings. The van der Waals surface area contributed by atoms with Crippen molar-refractivity contribution in [3.63, 3.8) is 0 Å². The second-order valence-electron chi connectivity index (χ2n) is 3.90. The van der Waals surface area contributed by atoms with Crippen LogP contribution in [0.15, 0.2) is 17.9 Å². The number of rotatable bonds is 6. The lowest BCUT2D eigenvalue weighted by Gasteiger charge is -2.03. The fraction of sp³-hybridized carbons (Fsp3) is 0.500. The summed E-state index contributed by atoms with van der Waals surface area (Å²) >= 11 is 1.69. The van der Waals surface area contributed by atoms with Crippen molar-refractivity contribution < 1.29 is 0 Å². The van der Waals surface area contributed by atoms with Gasteiger partial charge in [0.05, 0.1) is 23.9 Å². The summed E-state index contributed by atoms with van der Waals surface area (Å²) in [7, 11) is 0. The Balaban J connectivity index is 2.15. The molecule has 0 radical (unpaired) electrons. The maximum Gasteiger partial charge on any atom is 0.141 e. The van der Waals surface area contributed by atoms with E-state index in [1.807, 2.05) is 12.5 Å². The highest BCUT2D eigenvalue weighted by atomic mass is 32.1. The quantitative estimate of drug-likeness (QED) is 0.856. The van der Waals surface area contributed by atoms with Gasteiger partial charge in [0.1, 0.15) is 5.01 Å². The first kappa shape index (κ1) is 12.3. The molecule has 0 aromatic carbocycles. The first-order valence-corrected chi connectivity index (χ1v) is 6.88. The molecule has 0 unspecified atom stereocenters. The standard InChI is InChI=1S/C12H18N4S/c1-3-5-16-9-14-7-11(16)12-15-10(8-17-12)6-13-4-2/h7-9,13H,3-6H2,1-2H3. The summed E-state index contributed by atoms with van der Waals surface area (Å²) in [6, 6.07) is 0. The van der Waals surface area contributed by atoms with Gasteiger partial charge in [0.2, 0.25) is 0 Å². The molecule has 4 nitrogen and oxygen atoms in total. The van der Waals surface area contributed by atoms with E-state index in [0.29, 0.717) is 0 Å². The van der Waals surface area contributed by atoms with E-state index in [9.17, 15) is 0 Å². The van der Waals surface area contributed by atoms with E-state index >= 15 is 0 Å². The van der Waals surface area contributed by atoms with E-state index in [-0.39, 0.29) is 0 Å². The van der Waals surface area contributed by atoms with E-state index in [1.54, 1.807) is 11.3 Å². The van der Waals surface area contributed by atoms with Gasteiger partial charge in [-0.15, -0.1) is 11.3 Å². The fourth-order valence-corrected chi connectivity index (χ4v) is 2.52. The third kappa shape index (κ3) is 2.92. The molecule has 0 amide bonds. The summed E-state index contributed by atoms with van der Waals surface area (Å²) in [5.41, 5.74) is 2.23. The molecule has 5 heteroatoms. The smallest absolute Gasteiger partial charge is 0.141 e. The van der Waals surface area contributed by atoms with Crippen molar-refractivity contribution in [2.45, 2.75) is 33.4 Å². The van der Waals surface area contributed by atoms with E-state index < -0.39 is 0 Å². The molecular weight excluding hydrogens is 232 g/mol. The number of hydrogen-bond acceptors (Lipinski definition) is 4. The minimum atomic E-state index is 0.842. The number of aromatic nitrogens is 3. The van der Waals surface area contributed by atoms with Crippen LogP contribution >= 0.6 is 11.3 Å². The maximum absolute atomic E-state index is 4.63. The number of hydrogen-bond donors (Lipinski definition) is 1. The summed E-state index contributed by atoms with van der Waals surface area (Å²) in [6.45, 7) is 7.08. The molecular formula is C12H18N4S. The molecule has 0 aliphatic heterocycles. The summed E-state index contributed by atoms with van der Waals surface area (Å²) in [4.78, 5) is 8.83. The number of thiazole rings is 1. The molecule has 0 atom stereocenters. The molecule has 0 bridgehead atoms. The van der Waals surface area contributed by atoms with E-state index in [1.165, 1.54) is 0 Å². The highest BCUT2D eigenvalue weighted by molar-refractivity contribution is 7.13. The lowest BCUT2D eigenvalue weighted by Crippen LogP contribution is -2.11. The van der Waals surface area contributed by atoms with Gasteiger partial charge in [-0.25, -0.2) is 9.97 Å². The molecule has 2 rings (SSSR count). The summed E-state index contributed by atoms with van der Waals surface area (Å²) < 4.78 is 2.16. The third-order valence-electron chi connectivity index (χ3n) is 2.50. The van der Waals surface area contributed by atoms with Crippen LogP contribution in [0.4, 0.5) is 0 Å². The van der Waals surface area contributed by atoms with Gasteiger partial charge in [-0.05, 0) is 13.0 Å². The fourth-order valence-electron chi connectivity index (χ4n) is 1.68. The van der Waals surface area contributed by atoms with Crippen LogP contribution in [0.3, 0.4) is 0 Å². The normalized spacial score (nSPS) is 10.9. The molecule has 0 spiro atoms. The van der Waals surface area contributed by atoms with Crippen LogP contribution in [0.2, 0.25) is 0 Å². The van der Waals surface area contributed by atoms with Gasteiger partial charge in [0, 0.05) is 18.5 Å². The highest BCUT2D eigenvalue weighted by Gasteiger charge is 2.09.